The van der Waals surface area contributed by atoms with E-state index in [0.717, 1.165) is 12.1 Å². The molecule has 0 fully saturated rings. The van der Waals surface area contributed by atoms with Crippen molar-refractivity contribution in [1.29, 1.82) is 0 Å². The van der Waals surface area contributed by atoms with E-state index in [0.29, 0.717) is 27.8 Å². The molecule has 0 aliphatic rings. The fourth-order valence-corrected chi connectivity index (χ4v) is 2.93. The normalized spacial score (nSPS) is 11.7. The number of benzene rings is 2. The van der Waals surface area contributed by atoms with Crippen LogP contribution in [0.2, 0.25) is 0 Å². The van der Waals surface area contributed by atoms with Crippen LogP contribution >= 0.6 is 0 Å². The summed E-state index contributed by atoms with van der Waals surface area (Å²) in [5, 5.41) is 7.80. The smallest absolute Gasteiger partial charge is 0.416 e. The van der Waals surface area contributed by atoms with Crippen molar-refractivity contribution in [3.63, 3.8) is 0 Å². The number of alkyl halides is 3. The number of hydrogen-bond donors (Lipinski definition) is 1. The number of halogens is 3. The van der Waals surface area contributed by atoms with Gasteiger partial charge in [-0.25, -0.2) is 0 Å². The van der Waals surface area contributed by atoms with Gasteiger partial charge in [0, 0.05) is 5.39 Å². The Morgan fingerprint density at radius 3 is 2.68 bits per heavy atom. The van der Waals surface area contributed by atoms with E-state index in [9.17, 15) is 18.0 Å². The van der Waals surface area contributed by atoms with Crippen LogP contribution < -0.4 is 5.32 Å². The number of carbonyl (C=O) groups is 1. The molecule has 5 nitrogen and oxygen atoms in total. The Morgan fingerprint density at radius 1 is 1.11 bits per heavy atom. The molecule has 4 rings (SSSR count). The molecule has 0 unspecified atom stereocenters. The first-order chi connectivity index (χ1) is 13.4. The average molecular weight is 385 g/mol. The van der Waals surface area contributed by atoms with Gasteiger partial charge in [0.25, 0.3) is 5.91 Å². The van der Waals surface area contributed by atoms with Gasteiger partial charge in [-0.2, -0.15) is 18.3 Å². The van der Waals surface area contributed by atoms with Gasteiger partial charge >= 0.3 is 6.18 Å². The molecule has 0 radical (unpaired) electrons. The number of hydrogen-bond acceptors (Lipinski definition) is 3. The summed E-state index contributed by atoms with van der Waals surface area (Å²) in [4.78, 5) is 12.3. The summed E-state index contributed by atoms with van der Waals surface area (Å²) in [6, 6.07) is 13.8. The fraction of sp³-hybridized carbons (Fsp3) is 0.100. The van der Waals surface area contributed by atoms with Crippen molar-refractivity contribution in [2.75, 3.05) is 5.32 Å². The summed E-state index contributed by atoms with van der Waals surface area (Å²) >= 11 is 0. The Labute approximate surface area is 157 Å². The minimum absolute atomic E-state index is 0.131. The topological polar surface area (TPSA) is 60.1 Å². The van der Waals surface area contributed by atoms with E-state index >= 15 is 0 Å². The summed E-state index contributed by atoms with van der Waals surface area (Å²) in [5.74, 6) is -0.0583. The summed E-state index contributed by atoms with van der Waals surface area (Å²) in [7, 11) is 0. The molecular formula is C20H14F3N3O2. The number of anilines is 1. The zero-order valence-electron chi connectivity index (χ0n) is 14.4. The van der Waals surface area contributed by atoms with Crippen LogP contribution in [0.4, 0.5) is 19.0 Å². The van der Waals surface area contributed by atoms with Crippen LogP contribution in [0.15, 0.2) is 71.5 Å². The quantitative estimate of drug-likeness (QED) is 0.541. The Hall–Kier alpha value is -3.55. The third-order valence-electron chi connectivity index (χ3n) is 4.26. The van der Waals surface area contributed by atoms with Crippen LogP contribution in [0.5, 0.6) is 0 Å². The molecule has 2 aromatic heterocycles. The zero-order valence-corrected chi connectivity index (χ0v) is 14.4. The third-order valence-corrected chi connectivity index (χ3v) is 4.26. The van der Waals surface area contributed by atoms with Crippen molar-refractivity contribution in [3.8, 4) is 0 Å². The van der Waals surface area contributed by atoms with E-state index in [2.05, 4.69) is 10.4 Å². The lowest BCUT2D eigenvalue weighted by Crippen LogP contribution is -2.12. The largest absolute Gasteiger partial charge is 0.472 e. The van der Waals surface area contributed by atoms with Gasteiger partial charge in [-0.05, 0) is 35.9 Å². The second-order valence-corrected chi connectivity index (χ2v) is 6.19. The highest BCUT2D eigenvalue weighted by Gasteiger charge is 2.30. The second-order valence-electron chi connectivity index (χ2n) is 6.19. The maximum Gasteiger partial charge on any atom is 0.416 e. The number of amides is 1. The third kappa shape index (κ3) is 3.48. The van der Waals surface area contributed by atoms with Crippen LogP contribution in [-0.2, 0) is 12.7 Å². The first kappa shape index (κ1) is 17.8. The SMILES string of the molecule is O=C(Nc1nn(Cc2cccc(C(F)(F)F)c2)c2ccccc12)c1ccoc1. The molecule has 0 saturated heterocycles. The fourth-order valence-electron chi connectivity index (χ4n) is 2.93. The summed E-state index contributed by atoms with van der Waals surface area (Å²) in [5.41, 5.74) is 0.782. The van der Waals surface area contributed by atoms with Crippen molar-refractivity contribution >= 4 is 22.6 Å². The second kappa shape index (κ2) is 6.88. The summed E-state index contributed by atoms with van der Waals surface area (Å²) in [6.07, 6.45) is -1.71. The van der Waals surface area contributed by atoms with E-state index in [-0.39, 0.29) is 12.5 Å². The van der Waals surface area contributed by atoms with Gasteiger partial charge in [0.1, 0.15) is 6.26 Å². The molecule has 142 valence electrons. The van der Waals surface area contributed by atoms with Crippen LogP contribution in [-0.4, -0.2) is 15.7 Å². The molecule has 0 saturated carbocycles. The number of nitrogens with zero attached hydrogens (tertiary/aromatic N) is 2. The lowest BCUT2D eigenvalue weighted by molar-refractivity contribution is -0.137. The highest BCUT2D eigenvalue weighted by atomic mass is 19.4. The van der Waals surface area contributed by atoms with Crippen LogP contribution in [0, 0.1) is 0 Å². The molecule has 2 heterocycles. The molecule has 1 amide bonds. The number of para-hydroxylation sites is 1. The predicted molar refractivity (Wildman–Crippen MR) is 96.9 cm³/mol. The van der Waals surface area contributed by atoms with Gasteiger partial charge in [-0.15, -0.1) is 0 Å². The van der Waals surface area contributed by atoms with E-state index in [4.69, 9.17) is 4.42 Å². The van der Waals surface area contributed by atoms with Gasteiger partial charge in [0.15, 0.2) is 5.82 Å². The molecule has 0 aliphatic heterocycles. The lowest BCUT2D eigenvalue weighted by Gasteiger charge is -2.09. The summed E-state index contributed by atoms with van der Waals surface area (Å²) in [6.45, 7) is 0.131. The minimum Gasteiger partial charge on any atom is -0.472 e. The molecule has 28 heavy (non-hydrogen) atoms. The van der Waals surface area contributed by atoms with Gasteiger partial charge in [-0.3, -0.25) is 9.48 Å². The Balaban J connectivity index is 1.68. The molecule has 0 atom stereocenters. The first-order valence-electron chi connectivity index (χ1n) is 8.37. The van der Waals surface area contributed by atoms with Crippen molar-refractivity contribution in [2.45, 2.75) is 12.7 Å². The molecule has 0 spiro atoms. The number of aromatic nitrogens is 2. The molecule has 2 aromatic carbocycles. The van der Waals surface area contributed by atoms with Gasteiger partial charge in [-0.1, -0.05) is 24.3 Å². The van der Waals surface area contributed by atoms with Crippen molar-refractivity contribution in [1.82, 2.24) is 9.78 Å². The molecular weight excluding hydrogens is 371 g/mol. The van der Waals surface area contributed by atoms with Crippen molar-refractivity contribution in [2.24, 2.45) is 0 Å². The van der Waals surface area contributed by atoms with Gasteiger partial charge in [0.2, 0.25) is 0 Å². The molecule has 0 bridgehead atoms. The van der Waals surface area contributed by atoms with Crippen LogP contribution in [0.3, 0.4) is 0 Å². The monoisotopic (exact) mass is 385 g/mol. The van der Waals surface area contributed by atoms with Gasteiger partial charge < -0.3 is 9.73 Å². The predicted octanol–water partition coefficient (Wildman–Crippen LogP) is 4.95. The zero-order chi connectivity index (χ0) is 19.7. The standard InChI is InChI=1S/C20H14F3N3O2/c21-20(22,23)15-5-3-4-13(10-15)11-26-17-7-2-1-6-16(17)18(25-26)24-19(27)14-8-9-28-12-14/h1-10,12H,11H2,(H,24,25,27). The molecule has 1 N–H and O–H groups in total. The number of nitrogens with one attached hydrogen (secondary N) is 1. The number of carbonyl (C=O) groups excluding carboxylic acids is 1. The van der Waals surface area contributed by atoms with E-state index in [1.54, 1.807) is 35.0 Å². The Bertz CT molecular complexity index is 1130. The van der Waals surface area contributed by atoms with Crippen LogP contribution in [0.1, 0.15) is 21.5 Å². The maximum absolute atomic E-state index is 13.0. The van der Waals surface area contributed by atoms with Crippen LogP contribution in [0.25, 0.3) is 10.9 Å². The Morgan fingerprint density at radius 2 is 1.93 bits per heavy atom. The maximum atomic E-state index is 13.0. The average Bonchev–Trinajstić information content (AvgIpc) is 3.31. The summed E-state index contributed by atoms with van der Waals surface area (Å²) < 4.78 is 45.4. The van der Waals surface area contributed by atoms with E-state index in [1.807, 2.05) is 0 Å². The van der Waals surface area contributed by atoms with E-state index in [1.165, 1.54) is 24.7 Å². The number of rotatable bonds is 4. The number of fused-ring (bicyclic) bond motifs is 1. The minimum atomic E-state index is -4.41. The molecule has 8 heteroatoms. The highest BCUT2D eigenvalue weighted by Crippen LogP contribution is 2.30. The number of furan rings is 1. The first-order valence-corrected chi connectivity index (χ1v) is 8.37. The van der Waals surface area contributed by atoms with Gasteiger partial charge in [0.05, 0.1) is 29.5 Å². The van der Waals surface area contributed by atoms with Crippen molar-refractivity contribution < 1.29 is 22.4 Å². The van der Waals surface area contributed by atoms with Crippen molar-refractivity contribution in [3.05, 3.63) is 83.8 Å². The molecule has 4 aromatic rings. The lowest BCUT2D eigenvalue weighted by atomic mass is 10.1. The highest BCUT2D eigenvalue weighted by molar-refractivity contribution is 6.07. The molecule has 0 aliphatic carbocycles. The Kier molecular flexibility index (Phi) is 4.38. The van der Waals surface area contributed by atoms with E-state index < -0.39 is 11.7 Å².